The fraction of sp³-hybridized carbons (Fsp3) is 0.900. The average Bonchev–Trinajstić information content (AvgIpc) is 2.15. The molecule has 0 bridgehead atoms. The Morgan fingerprint density at radius 3 is 2.36 bits per heavy atom. The molecule has 4 nitrogen and oxygen atoms in total. The number of nitrogens with zero attached hydrogens (tertiary/aromatic N) is 2. The Morgan fingerprint density at radius 2 is 1.93 bits per heavy atom. The lowest BCUT2D eigenvalue weighted by atomic mass is 9.75. The van der Waals surface area contributed by atoms with Gasteiger partial charge >= 0.3 is 0 Å². The summed E-state index contributed by atoms with van der Waals surface area (Å²) in [6.45, 7) is 4.60. The van der Waals surface area contributed by atoms with Crippen molar-refractivity contribution in [2.45, 2.75) is 45.6 Å². The number of oxime groups is 1. The minimum atomic E-state index is 0.217. The predicted octanol–water partition coefficient (Wildman–Crippen LogP) is 1.59. The molecule has 0 aromatic heterocycles. The number of guanidine groups is 1. The number of nitrogens with two attached hydrogens (primary N) is 1. The van der Waals surface area contributed by atoms with Crippen LogP contribution >= 0.6 is 0 Å². The van der Waals surface area contributed by atoms with Gasteiger partial charge in [-0.2, -0.15) is 0 Å². The summed E-state index contributed by atoms with van der Waals surface area (Å²) in [5.74, 6) is 0.217. The van der Waals surface area contributed by atoms with Crippen LogP contribution in [0.5, 0.6) is 0 Å². The molecule has 0 aromatic carbocycles. The summed E-state index contributed by atoms with van der Waals surface area (Å²) in [6, 6.07) is 0.430. The molecule has 14 heavy (non-hydrogen) atoms. The fourth-order valence-electron chi connectivity index (χ4n) is 2.03. The van der Waals surface area contributed by atoms with E-state index in [0.29, 0.717) is 11.5 Å². The van der Waals surface area contributed by atoms with Crippen LogP contribution < -0.4 is 5.73 Å². The summed E-state index contributed by atoms with van der Waals surface area (Å²) in [7, 11) is 1.89. The van der Waals surface area contributed by atoms with Gasteiger partial charge in [-0.3, -0.25) is 0 Å². The second-order valence-corrected chi connectivity index (χ2v) is 4.96. The molecule has 1 aliphatic carbocycles. The maximum Gasteiger partial charge on any atom is 0.233 e. The van der Waals surface area contributed by atoms with Gasteiger partial charge in [0, 0.05) is 13.1 Å². The quantitative estimate of drug-likeness (QED) is 0.292. The topological polar surface area (TPSA) is 61.8 Å². The summed E-state index contributed by atoms with van der Waals surface area (Å²) in [5, 5.41) is 11.6. The second-order valence-electron chi connectivity index (χ2n) is 4.96. The van der Waals surface area contributed by atoms with E-state index in [-0.39, 0.29) is 5.96 Å². The van der Waals surface area contributed by atoms with Crippen LogP contribution in [0.3, 0.4) is 0 Å². The van der Waals surface area contributed by atoms with E-state index in [0.717, 1.165) is 12.8 Å². The van der Waals surface area contributed by atoms with E-state index in [2.05, 4.69) is 19.0 Å². The molecule has 0 spiro atoms. The van der Waals surface area contributed by atoms with Crippen molar-refractivity contribution in [2.75, 3.05) is 7.05 Å². The predicted molar refractivity (Wildman–Crippen MR) is 57.2 cm³/mol. The minimum absolute atomic E-state index is 0.217. The summed E-state index contributed by atoms with van der Waals surface area (Å²) >= 11 is 0. The first kappa shape index (κ1) is 11.1. The highest BCUT2D eigenvalue weighted by molar-refractivity contribution is 5.77. The van der Waals surface area contributed by atoms with Crippen molar-refractivity contribution < 1.29 is 5.21 Å². The number of rotatable bonds is 1. The van der Waals surface area contributed by atoms with Gasteiger partial charge in [-0.1, -0.05) is 19.0 Å². The van der Waals surface area contributed by atoms with E-state index in [1.807, 2.05) is 11.9 Å². The molecule has 0 aromatic rings. The lowest BCUT2D eigenvalue weighted by Gasteiger charge is -2.38. The zero-order valence-corrected chi connectivity index (χ0v) is 9.32. The smallest absolute Gasteiger partial charge is 0.233 e. The van der Waals surface area contributed by atoms with E-state index in [9.17, 15) is 0 Å². The van der Waals surface area contributed by atoms with E-state index in [1.165, 1.54) is 12.8 Å². The second kappa shape index (κ2) is 4.07. The summed E-state index contributed by atoms with van der Waals surface area (Å²) < 4.78 is 0. The van der Waals surface area contributed by atoms with E-state index in [4.69, 9.17) is 10.9 Å². The first-order chi connectivity index (χ1) is 6.46. The van der Waals surface area contributed by atoms with Crippen LogP contribution in [-0.2, 0) is 0 Å². The molecule has 1 rings (SSSR count). The van der Waals surface area contributed by atoms with Crippen molar-refractivity contribution in [3.8, 4) is 0 Å². The van der Waals surface area contributed by atoms with Crippen LogP contribution in [0.1, 0.15) is 39.5 Å². The molecule has 0 radical (unpaired) electrons. The maximum absolute atomic E-state index is 8.56. The van der Waals surface area contributed by atoms with Crippen molar-refractivity contribution in [2.24, 2.45) is 16.3 Å². The Kier molecular flexibility index (Phi) is 3.24. The van der Waals surface area contributed by atoms with Crippen molar-refractivity contribution >= 4 is 5.96 Å². The molecule has 0 amide bonds. The van der Waals surface area contributed by atoms with E-state index < -0.39 is 0 Å². The van der Waals surface area contributed by atoms with Gasteiger partial charge in [0.05, 0.1) is 0 Å². The molecule has 0 atom stereocenters. The maximum atomic E-state index is 8.56. The van der Waals surface area contributed by atoms with Gasteiger partial charge < -0.3 is 15.8 Å². The Bertz CT molecular complexity index is 215. The monoisotopic (exact) mass is 199 g/mol. The molecular formula is C10H21N3O. The van der Waals surface area contributed by atoms with Gasteiger partial charge in [0.1, 0.15) is 0 Å². The highest BCUT2D eigenvalue weighted by atomic mass is 16.4. The van der Waals surface area contributed by atoms with Crippen molar-refractivity contribution in [3.63, 3.8) is 0 Å². The largest absolute Gasteiger partial charge is 0.408 e. The molecule has 0 saturated heterocycles. The Balaban J connectivity index is 2.50. The van der Waals surface area contributed by atoms with Gasteiger partial charge in [0.25, 0.3) is 0 Å². The lowest BCUT2D eigenvalue weighted by Crippen LogP contribution is -2.44. The van der Waals surface area contributed by atoms with Crippen molar-refractivity contribution in [1.29, 1.82) is 0 Å². The highest BCUT2D eigenvalue weighted by Gasteiger charge is 2.29. The van der Waals surface area contributed by atoms with Crippen LogP contribution in [0.2, 0.25) is 0 Å². The molecule has 1 aliphatic rings. The van der Waals surface area contributed by atoms with Crippen molar-refractivity contribution in [3.05, 3.63) is 0 Å². The Labute approximate surface area is 85.8 Å². The standard InChI is InChI=1S/C10H21N3O/c1-10(2)6-4-8(5-7-10)13(3)9(11)12-14/h8,14H,4-7H2,1-3H3,(H2,11,12). The average molecular weight is 199 g/mol. The molecule has 0 unspecified atom stereocenters. The zero-order valence-electron chi connectivity index (χ0n) is 9.32. The number of hydrogen-bond acceptors (Lipinski definition) is 2. The third kappa shape index (κ3) is 2.53. The molecular weight excluding hydrogens is 178 g/mol. The molecule has 0 aliphatic heterocycles. The van der Waals surface area contributed by atoms with Gasteiger partial charge in [-0.05, 0) is 31.1 Å². The zero-order chi connectivity index (χ0) is 10.8. The minimum Gasteiger partial charge on any atom is -0.408 e. The van der Waals surface area contributed by atoms with Crippen LogP contribution in [0.25, 0.3) is 0 Å². The van der Waals surface area contributed by atoms with Crippen LogP contribution in [0, 0.1) is 5.41 Å². The van der Waals surface area contributed by atoms with Gasteiger partial charge in [0.2, 0.25) is 5.96 Å². The normalized spacial score (nSPS) is 23.5. The lowest BCUT2D eigenvalue weighted by molar-refractivity contribution is 0.165. The third-order valence-electron chi connectivity index (χ3n) is 3.32. The van der Waals surface area contributed by atoms with E-state index in [1.54, 1.807) is 0 Å². The molecule has 1 saturated carbocycles. The summed E-state index contributed by atoms with van der Waals surface area (Å²) in [4.78, 5) is 1.87. The van der Waals surface area contributed by atoms with Crippen molar-refractivity contribution in [1.82, 2.24) is 4.90 Å². The third-order valence-corrected chi connectivity index (χ3v) is 3.32. The Hall–Kier alpha value is -0.930. The van der Waals surface area contributed by atoms with Gasteiger partial charge in [-0.25, -0.2) is 0 Å². The molecule has 0 heterocycles. The first-order valence-corrected chi connectivity index (χ1v) is 5.16. The SMILES string of the molecule is CN(/C(N)=N/O)C1CCC(C)(C)CC1. The molecule has 4 heteroatoms. The van der Waals surface area contributed by atoms with E-state index >= 15 is 0 Å². The molecule has 1 fully saturated rings. The van der Waals surface area contributed by atoms with Gasteiger partial charge in [0.15, 0.2) is 0 Å². The van der Waals surface area contributed by atoms with Crippen LogP contribution in [0.4, 0.5) is 0 Å². The highest BCUT2D eigenvalue weighted by Crippen LogP contribution is 2.36. The fourth-order valence-corrected chi connectivity index (χ4v) is 2.03. The van der Waals surface area contributed by atoms with Crippen LogP contribution in [-0.4, -0.2) is 29.2 Å². The van der Waals surface area contributed by atoms with Gasteiger partial charge in [-0.15, -0.1) is 0 Å². The number of hydrogen-bond donors (Lipinski definition) is 2. The summed E-state index contributed by atoms with van der Waals surface area (Å²) in [5.41, 5.74) is 6.00. The summed E-state index contributed by atoms with van der Waals surface area (Å²) in [6.07, 6.45) is 4.67. The molecule has 3 N–H and O–H groups in total. The Morgan fingerprint density at radius 1 is 1.43 bits per heavy atom. The molecule has 82 valence electrons. The first-order valence-electron chi connectivity index (χ1n) is 5.16. The van der Waals surface area contributed by atoms with Crippen LogP contribution in [0.15, 0.2) is 5.16 Å².